The van der Waals surface area contributed by atoms with Gasteiger partial charge >= 0.3 is 5.97 Å². The van der Waals surface area contributed by atoms with Gasteiger partial charge in [0.15, 0.2) is 0 Å². The van der Waals surface area contributed by atoms with Gasteiger partial charge in [0.1, 0.15) is 0 Å². The molecule has 0 radical (unpaired) electrons. The van der Waals surface area contributed by atoms with Crippen molar-refractivity contribution in [3.05, 3.63) is 54.1 Å². The first kappa shape index (κ1) is 20.1. The summed E-state index contributed by atoms with van der Waals surface area (Å²) >= 11 is 0. The Morgan fingerprint density at radius 2 is 1.62 bits per heavy atom. The molecule has 0 aromatic heterocycles. The lowest BCUT2D eigenvalue weighted by atomic mass is 9.96. The van der Waals surface area contributed by atoms with Crippen LogP contribution in [0.2, 0.25) is 0 Å². The van der Waals surface area contributed by atoms with Gasteiger partial charge in [-0.15, -0.1) is 12.4 Å². The first-order valence-electron chi connectivity index (χ1n) is 9.07. The summed E-state index contributed by atoms with van der Waals surface area (Å²) in [7, 11) is 0. The molecule has 26 heavy (non-hydrogen) atoms. The highest BCUT2D eigenvalue weighted by Gasteiger charge is 2.17. The van der Waals surface area contributed by atoms with E-state index >= 15 is 0 Å². The molecule has 0 saturated heterocycles. The third-order valence-corrected chi connectivity index (χ3v) is 4.62. The van der Waals surface area contributed by atoms with E-state index in [1.807, 2.05) is 25.1 Å². The van der Waals surface area contributed by atoms with Crippen molar-refractivity contribution >= 4 is 45.6 Å². The van der Waals surface area contributed by atoms with Gasteiger partial charge in [0.05, 0.1) is 12.2 Å². The molecule has 3 aromatic rings. The van der Waals surface area contributed by atoms with Crippen molar-refractivity contribution in [1.82, 2.24) is 0 Å². The van der Waals surface area contributed by atoms with Gasteiger partial charge in [0.2, 0.25) is 0 Å². The summed E-state index contributed by atoms with van der Waals surface area (Å²) in [6.07, 6.45) is 0.820. The van der Waals surface area contributed by atoms with Crippen LogP contribution in [0.5, 0.6) is 0 Å². The smallest absolute Gasteiger partial charge is 0.339 e. The minimum absolute atomic E-state index is 0. The third kappa shape index (κ3) is 3.78. The summed E-state index contributed by atoms with van der Waals surface area (Å²) in [5.41, 5.74) is 1.85. The molecular weight excluding hydrogens is 346 g/mol. The van der Waals surface area contributed by atoms with Gasteiger partial charge in [0.25, 0.3) is 0 Å². The zero-order valence-corrected chi connectivity index (χ0v) is 16.4. The van der Waals surface area contributed by atoms with Crippen molar-refractivity contribution in [2.45, 2.75) is 27.2 Å². The molecule has 4 heteroatoms. The van der Waals surface area contributed by atoms with Crippen molar-refractivity contribution in [2.75, 3.05) is 24.6 Å². The van der Waals surface area contributed by atoms with Crippen molar-refractivity contribution in [2.24, 2.45) is 0 Å². The molecule has 0 aliphatic carbocycles. The number of rotatable bonds is 6. The van der Waals surface area contributed by atoms with Crippen LogP contribution in [0.25, 0.3) is 21.5 Å². The number of ether oxygens (including phenoxy) is 1. The lowest BCUT2D eigenvalue weighted by molar-refractivity contribution is 0.0509. The van der Waals surface area contributed by atoms with Gasteiger partial charge in [0, 0.05) is 18.8 Å². The molecule has 138 valence electrons. The van der Waals surface area contributed by atoms with Gasteiger partial charge < -0.3 is 9.64 Å². The molecule has 0 fully saturated rings. The maximum Gasteiger partial charge on any atom is 0.339 e. The van der Waals surface area contributed by atoms with E-state index in [9.17, 15) is 4.79 Å². The van der Waals surface area contributed by atoms with Gasteiger partial charge in [-0.05, 0) is 60.0 Å². The molecule has 0 spiro atoms. The van der Waals surface area contributed by atoms with Gasteiger partial charge in [-0.3, -0.25) is 0 Å². The van der Waals surface area contributed by atoms with E-state index in [1.54, 1.807) is 0 Å². The maximum absolute atomic E-state index is 12.7. The van der Waals surface area contributed by atoms with Crippen molar-refractivity contribution in [3.63, 3.8) is 0 Å². The molecule has 0 atom stereocenters. The van der Waals surface area contributed by atoms with Crippen LogP contribution in [0.3, 0.4) is 0 Å². The highest BCUT2D eigenvalue weighted by atomic mass is 35.5. The predicted octanol–water partition coefficient (Wildman–Crippen LogP) is 5.83. The number of nitrogens with zero attached hydrogens (tertiary/aromatic N) is 1. The van der Waals surface area contributed by atoms with E-state index in [0.717, 1.165) is 41.1 Å². The number of halogens is 1. The van der Waals surface area contributed by atoms with Crippen molar-refractivity contribution in [3.8, 4) is 0 Å². The second-order valence-electron chi connectivity index (χ2n) is 6.19. The molecule has 0 amide bonds. The monoisotopic (exact) mass is 371 g/mol. The van der Waals surface area contributed by atoms with E-state index in [4.69, 9.17) is 4.74 Å². The molecule has 0 bridgehead atoms. The van der Waals surface area contributed by atoms with Crippen LogP contribution >= 0.6 is 12.4 Å². The van der Waals surface area contributed by atoms with Crippen molar-refractivity contribution in [1.29, 1.82) is 0 Å². The second kappa shape index (κ2) is 8.91. The summed E-state index contributed by atoms with van der Waals surface area (Å²) < 4.78 is 5.46. The standard InChI is InChI=1S/C22H25NO2.ClH/c1-4-13-25-22(24)21-19-10-8-7-9-16(19)14-17-15-18(11-12-20(17)21)23(5-2)6-3;/h7-12,14-15H,4-6,13H2,1-3H3;1H. The molecule has 3 nitrogen and oxygen atoms in total. The maximum atomic E-state index is 12.7. The molecular formula is C22H26ClNO2. The summed E-state index contributed by atoms with van der Waals surface area (Å²) in [6.45, 7) is 8.68. The largest absolute Gasteiger partial charge is 0.462 e. The van der Waals surface area contributed by atoms with E-state index in [1.165, 1.54) is 5.69 Å². The van der Waals surface area contributed by atoms with E-state index in [2.05, 4.69) is 49.1 Å². The third-order valence-electron chi connectivity index (χ3n) is 4.62. The first-order valence-corrected chi connectivity index (χ1v) is 9.07. The Labute approximate surface area is 161 Å². The number of hydrogen-bond acceptors (Lipinski definition) is 3. The van der Waals surface area contributed by atoms with Crippen LogP contribution < -0.4 is 4.90 Å². The highest BCUT2D eigenvalue weighted by molar-refractivity contribution is 6.16. The number of fused-ring (bicyclic) bond motifs is 2. The van der Waals surface area contributed by atoms with Crippen molar-refractivity contribution < 1.29 is 9.53 Å². The Kier molecular flexibility index (Phi) is 6.87. The minimum atomic E-state index is -0.237. The number of benzene rings is 3. The Morgan fingerprint density at radius 3 is 2.31 bits per heavy atom. The Hall–Kier alpha value is -2.26. The average molecular weight is 372 g/mol. The molecule has 0 heterocycles. The molecule has 3 aromatic carbocycles. The topological polar surface area (TPSA) is 29.5 Å². The molecule has 0 saturated carbocycles. The number of carbonyl (C=O) groups is 1. The van der Waals surface area contributed by atoms with Crippen LogP contribution in [0.4, 0.5) is 5.69 Å². The predicted molar refractivity (Wildman–Crippen MR) is 113 cm³/mol. The van der Waals surface area contributed by atoms with Crippen LogP contribution in [0.15, 0.2) is 48.5 Å². The molecule has 0 aliphatic heterocycles. The van der Waals surface area contributed by atoms with Gasteiger partial charge in [-0.25, -0.2) is 4.79 Å². The molecule has 0 aliphatic rings. The zero-order chi connectivity index (χ0) is 17.8. The Morgan fingerprint density at radius 1 is 0.923 bits per heavy atom. The van der Waals surface area contributed by atoms with Crippen LogP contribution in [-0.4, -0.2) is 25.7 Å². The van der Waals surface area contributed by atoms with Crippen LogP contribution in [0, 0.1) is 0 Å². The van der Waals surface area contributed by atoms with Crippen LogP contribution in [-0.2, 0) is 4.74 Å². The summed E-state index contributed by atoms with van der Waals surface area (Å²) in [4.78, 5) is 15.0. The highest BCUT2D eigenvalue weighted by Crippen LogP contribution is 2.31. The average Bonchev–Trinajstić information content (AvgIpc) is 2.65. The van der Waals surface area contributed by atoms with Gasteiger partial charge in [-0.2, -0.15) is 0 Å². The summed E-state index contributed by atoms with van der Waals surface area (Å²) in [5.74, 6) is -0.237. The molecule has 3 rings (SSSR count). The quantitative estimate of drug-likeness (QED) is 0.403. The fourth-order valence-electron chi connectivity index (χ4n) is 3.33. The van der Waals surface area contributed by atoms with E-state index in [-0.39, 0.29) is 18.4 Å². The lowest BCUT2D eigenvalue weighted by Gasteiger charge is -2.22. The Balaban J connectivity index is 0.00000243. The number of esters is 1. The Bertz CT molecular complexity index is 903. The lowest BCUT2D eigenvalue weighted by Crippen LogP contribution is -2.21. The SMILES string of the molecule is CCCOC(=O)c1c2ccccc2cc2cc(N(CC)CC)ccc12.Cl. The normalized spacial score (nSPS) is 10.6. The first-order chi connectivity index (χ1) is 12.2. The summed E-state index contributed by atoms with van der Waals surface area (Å²) in [6, 6.07) is 16.5. The van der Waals surface area contributed by atoms with Gasteiger partial charge in [-0.1, -0.05) is 37.3 Å². The fraction of sp³-hybridized carbons (Fsp3) is 0.318. The van der Waals surface area contributed by atoms with E-state index < -0.39 is 0 Å². The molecule has 0 N–H and O–H groups in total. The number of anilines is 1. The van der Waals surface area contributed by atoms with E-state index in [0.29, 0.717) is 12.2 Å². The minimum Gasteiger partial charge on any atom is -0.462 e. The second-order valence-corrected chi connectivity index (χ2v) is 6.19. The summed E-state index contributed by atoms with van der Waals surface area (Å²) in [5, 5.41) is 4.05. The fourth-order valence-corrected chi connectivity index (χ4v) is 3.33. The number of carbonyl (C=O) groups excluding carboxylic acids is 1. The molecule has 0 unspecified atom stereocenters. The number of hydrogen-bond donors (Lipinski definition) is 0. The van der Waals surface area contributed by atoms with Crippen LogP contribution in [0.1, 0.15) is 37.6 Å². The zero-order valence-electron chi connectivity index (χ0n) is 15.6.